The number of carbonyl (C=O) groups excluding carboxylic acids is 1. The summed E-state index contributed by atoms with van der Waals surface area (Å²) in [7, 11) is 0. The summed E-state index contributed by atoms with van der Waals surface area (Å²) in [4.78, 5) is 12.2. The van der Waals surface area contributed by atoms with Gasteiger partial charge in [-0.3, -0.25) is 4.79 Å². The zero-order valence-corrected chi connectivity index (χ0v) is 13.9. The van der Waals surface area contributed by atoms with Crippen LogP contribution in [-0.2, 0) is 4.79 Å². The lowest BCUT2D eigenvalue weighted by Gasteiger charge is -2.30. The second kappa shape index (κ2) is 7.37. The molecule has 21 heavy (non-hydrogen) atoms. The number of amides is 1. The molecular formula is C16H21Cl2NO2. The lowest BCUT2D eigenvalue weighted by Crippen LogP contribution is -2.46. The Morgan fingerprint density at radius 2 is 2.05 bits per heavy atom. The van der Waals surface area contributed by atoms with Crippen molar-refractivity contribution in [2.45, 2.75) is 51.7 Å². The van der Waals surface area contributed by atoms with E-state index in [1.54, 1.807) is 25.1 Å². The van der Waals surface area contributed by atoms with Gasteiger partial charge in [-0.1, -0.05) is 43.0 Å². The highest BCUT2D eigenvalue weighted by Gasteiger charge is 2.25. The van der Waals surface area contributed by atoms with Crippen LogP contribution in [0.4, 0.5) is 0 Å². The van der Waals surface area contributed by atoms with E-state index in [-0.39, 0.29) is 11.9 Å². The molecule has 5 heteroatoms. The molecule has 1 N–H and O–H groups in total. The van der Waals surface area contributed by atoms with Gasteiger partial charge in [-0.15, -0.1) is 0 Å². The number of halogens is 2. The average Bonchev–Trinajstić information content (AvgIpc) is 2.44. The smallest absolute Gasteiger partial charge is 0.261 e. The number of carbonyl (C=O) groups is 1. The Bertz CT molecular complexity index is 507. The molecule has 0 bridgehead atoms. The summed E-state index contributed by atoms with van der Waals surface area (Å²) in [5.74, 6) is 0.897. The van der Waals surface area contributed by atoms with E-state index in [0.29, 0.717) is 21.7 Å². The molecule has 3 nitrogen and oxygen atoms in total. The number of ether oxygens (including phenoxy) is 1. The van der Waals surface area contributed by atoms with E-state index < -0.39 is 6.10 Å². The van der Waals surface area contributed by atoms with Gasteiger partial charge in [-0.05, 0) is 43.9 Å². The Hall–Kier alpha value is -0.930. The maximum Gasteiger partial charge on any atom is 0.261 e. The van der Waals surface area contributed by atoms with Crippen molar-refractivity contribution >= 4 is 29.1 Å². The first-order valence-corrected chi connectivity index (χ1v) is 8.15. The molecule has 0 radical (unpaired) electrons. The Labute approximate surface area is 136 Å². The fraction of sp³-hybridized carbons (Fsp3) is 0.562. The molecule has 0 heterocycles. The van der Waals surface area contributed by atoms with Crippen LogP contribution >= 0.6 is 23.2 Å². The third-order valence-electron chi connectivity index (χ3n) is 4.01. The standard InChI is InChI=1S/C16H21Cl2NO2/c1-10-5-3-4-6-14(10)19-16(20)11(2)21-15-8-7-12(17)9-13(15)18/h7-11,14H,3-6H2,1-2H3,(H,19,20)/t10-,11+,14-/m1/s1. The van der Waals surface area contributed by atoms with Crippen molar-refractivity contribution in [2.24, 2.45) is 5.92 Å². The van der Waals surface area contributed by atoms with Gasteiger partial charge >= 0.3 is 0 Å². The van der Waals surface area contributed by atoms with E-state index in [9.17, 15) is 4.79 Å². The van der Waals surface area contributed by atoms with Crippen LogP contribution in [-0.4, -0.2) is 18.1 Å². The zero-order chi connectivity index (χ0) is 15.4. The average molecular weight is 330 g/mol. The Balaban J connectivity index is 1.92. The summed E-state index contributed by atoms with van der Waals surface area (Å²) in [5.41, 5.74) is 0. The van der Waals surface area contributed by atoms with Gasteiger partial charge in [0.1, 0.15) is 5.75 Å². The van der Waals surface area contributed by atoms with E-state index in [4.69, 9.17) is 27.9 Å². The van der Waals surface area contributed by atoms with Gasteiger partial charge in [0.2, 0.25) is 0 Å². The van der Waals surface area contributed by atoms with Crippen LogP contribution in [0.1, 0.15) is 39.5 Å². The molecule has 0 aromatic heterocycles. The topological polar surface area (TPSA) is 38.3 Å². The highest BCUT2D eigenvalue weighted by Crippen LogP contribution is 2.28. The molecule has 1 aliphatic carbocycles. The number of hydrogen-bond donors (Lipinski definition) is 1. The summed E-state index contributed by atoms with van der Waals surface area (Å²) in [6.07, 6.45) is 4.05. The van der Waals surface area contributed by atoms with Crippen LogP contribution in [0, 0.1) is 5.92 Å². The van der Waals surface area contributed by atoms with E-state index in [1.807, 2.05) is 0 Å². The number of hydrogen-bond acceptors (Lipinski definition) is 2. The molecular weight excluding hydrogens is 309 g/mol. The van der Waals surface area contributed by atoms with Crippen molar-refractivity contribution in [1.29, 1.82) is 0 Å². The van der Waals surface area contributed by atoms with Crippen molar-refractivity contribution in [3.63, 3.8) is 0 Å². The van der Waals surface area contributed by atoms with Gasteiger partial charge in [0, 0.05) is 11.1 Å². The van der Waals surface area contributed by atoms with E-state index in [1.165, 1.54) is 19.3 Å². The fourth-order valence-corrected chi connectivity index (χ4v) is 3.10. The van der Waals surface area contributed by atoms with Crippen LogP contribution in [0.25, 0.3) is 0 Å². The number of nitrogens with one attached hydrogen (secondary N) is 1. The second-order valence-electron chi connectivity index (χ2n) is 5.71. The predicted molar refractivity (Wildman–Crippen MR) is 86.1 cm³/mol. The van der Waals surface area contributed by atoms with Gasteiger partial charge in [-0.2, -0.15) is 0 Å². The van der Waals surface area contributed by atoms with Crippen molar-refractivity contribution in [1.82, 2.24) is 5.32 Å². The summed E-state index contributed by atoms with van der Waals surface area (Å²) in [5, 5.41) is 4.04. The van der Waals surface area contributed by atoms with Gasteiger partial charge in [0.25, 0.3) is 5.91 Å². The van der Waals surface area contributed by atoms with E-state index in [0.717, 1.165) is 6.42 Å². The summed E-state index contributed by atoms with van der Waals surface area (Å²) >= 11 is 11.9. The molecule has 0 spiro atoms. The SMILES string of the molecule is C[C@H](Oc1ccc(Cl)cc1Cl)C(=O)N[C@@H]1CCCC[C@H]1C. The Morgan fingerprint density at radius 1 is 1.33 bits per heavy atom. The molecule has 1 amide bonds. The van der Waals surface area contributed by atoms with Crippen LogP contribution in [0.3, 0.4) is 0 Å². The van der Waals surface area contributed by atoms with Gasteiger partial charge in [-0.25, -0.2) is 0 Å². The van der Waals surface area contributed by atoms with Crippen molar-refractivity contribution in [3.05, 3.63) is 28.2 Å². The molecule has 0 unspecified atom stereocenters. The minimum absolute atomic E-state index is 0.0974. The molecule has 2 rings (SSSR count). The third kappa shape index (κ3) is 4.52. The maximum atomic E-state index is 12.2. The summed E-state index contributed by atoms with van der Waals surface area (Å²) in [6, 6.07) is 5.22. The maximum absolute atomic E-state index is 12.2. The molecule has 1 saturated carbocycles. The molecule has 1 aliphatic rings. The van der Waals surface area contributed by atoms with Crippen LogP contribution in [0.2, 0.25) is 10.0 Å². The van der Waals surface area contributed by atoms with Gasteiger partial charge in [0.15, 0.2) is 6.10 Å². The lowest BCUT2D eigenvalue weighted by atomic mass is 9.86. The monoisotopic (exact) mass is 329 g/mol. The Kier molecular flexibility index (Phi) is 5.77. The molecule has 1 fully saturated rings. The molecule has 1 aromatic carbocycles. The minimum atomic E-state index is -0.585. The van der Waals surface area contributed by atoms with Crippen molar-refractivity contribution < 1.29 is 9.53 Å². The fourth-order valence-electron chi connectivity index (χ4n) is 2.65. The molecule has 0 saturated heterocycles. The second-order valence-corrected chi connectivity index (χ2v) is 6.56. The van der Waals surface area contributed by atoms with Crippen LogP contribution < -0.4 is 10.1 Å². The Morgan fingerprint density at radius 3 is 2.71 bits per heavy atom. The first-order valence-electron chi connectivity index (χ1n) is 7.39. The van der Waals surface area contributed by atoms with Crippen LogP contribution in [0.5, 0.6) is 5.75 Å². The highest BCUT2D eigenvalue weighted by atomic mass is 35.5. The molecule has 1 aromatic rings. The highest BCUT2D eigenvalue weighted by molar-refractivity contribution is 6.35. The number of rotatable bonds is 4. The largest absolute Gasteiger partial charge is 0.479 e. The van der Waals surface area contributed by atoms with Gasteiger partial charge in [0.05, 0.1) is 5.02 Å². The third-order valence-corrected chi connectivity index (χ3v) is 4.54. The quantitative estimate of drug-likeness (QED) is 0.885. The van der Waals surface area contributed by atoms with Crippen LogP contribution in [0.15, 0.2) is 18.2 Å². The van der Waals surface area contributed by atoms with Gasteiger partial charge < -0.3 is 10.1 Å². The minimum Gasteiger partial charge on any atom is -0.479 e. The lowest BCUT2D eigenvalue weighted by molar-refractivity contribution is -0.128. The summed E-state index contributed by atoms with van der Waals surface area (Å²) < 4.78 is 5.64. The first-order chi connectivity index (χ1) is 9.97. The molecule has 3 atom stereocenters. The normalized spacial score (nSPS) is 23.4. The molecule has 0 aliphatic heterocycles. The zero-order valence-electron chi connectivity index (χ0n) is 12.4. The number of benzene rings is 1. The summed E-state index contributed by atoms with van der Waals surface area (Å²) in [6.45, 7) is 3.92. The first kappa shape index (κ1) is 16.4. The predicted octanol–water partition coefficient (Wildman–Crippen LogP) is 4.46. The van der Waals surface area contributed by atoms with Crippen molar-refractivity contribution in [2.75, 3.05) is 0 Å². The van der Waals surface area contributed by atoms with E-state index >= 15 is 0 Å². The van der Waals surface area contributed by atoms with E-state index in [2.05, 4.69) is 12.2 Å². The molecule has 116 valence electrons. The van der Waals surface area contributed by atoms with Crippen molar-refractivity contribution in [3.8, 4) is 5.75 Å².